The second-order valence-electron chi connectivity index (χ2n) is 5.42. The summed E-state index contributed by atoms with van der Waals surface area (Å²) < 4.78 is 18.6. The Morgan fingerprint density at radius 1 is 1.12 bits per heavy atom. The topological polar surface area (TPSA) is 68.3 Å². The molecule has 3 aromatic rings. The molecule has 0 aliphatic rings. The normalized spacial score (nSPS) is 11.6. The molecule has 0 radical (unpaired) electrons. The van der Waals surface area contributed by atoms with E-state index in [1.807, 2.05) is 35.7 Å². The van der Waals surface area contributed by atoms with Crippen LogP contribution in [0.5, 0.6) is 0 Å². The highest BCUT2D eigenvalue weighted by Crippen LogP contribution is 2.24. The minimum Gasteiger partial charge on any atom is -0.449 e. The molecule has 5 nitrogen and oxygen atoms in total. The number of esters is 1. The van der Waals surface area contributed by atoms with E-state index in [9.17, 15) is 14.0 Å². The predicted molar refractivity (Wildman–Crippen MR) is 97.5 cm³/mol. The molecule has 3 rings (SSSR count). The second kappa shape index (κ2) is 7.88. The highest BCUT2D eigenvalue weighted by Gasteiger charge is 2.21. The minimum absolute atomic E-state index is 0.215. The van der Waals surface area contributed by atoms with Crippen molar-refractivity contribution in [1.29, 1.82) is 0 Å². The number of benzene rings is 2. The van der Waals surface area contributed by atoms with Gasteiger partial charge in [0.2, 0.25) is 0 Å². The number of ether oxygens (including phenoxy) is 1. The Kier molecular flexibility index (Phi) is 5.38. The summed E-state index contributed by atoms with van der Waals surface area (Å²) in [6.45, 7) is 1.42. The van der Waals surface area contributed by atoms with Crippen molar-refractivity contribution < 1.29 is 18.7 Å². The molecular weight excluding hydrogens is 355 g/mol. The molecule has 0 unspecified atom stereocenters. The van der Waals surface area contributed by atoms with Crippen LogP contribution in [0, 0.1) is 5.82 Å². The van der Waals surface area contributed by atoms with Crippen molar-refractivity contribution in [2.45, 2.75) is 13.0 Å². The monoisotopic (exact) mass is 370 g/mol. The number of nitrogens with one attached hydrogen (secondary N) is 1. The van der Waals surface area contributed by atoms with E-state index in [2.05, 4.69) is 10.3 Å². The first-order chi connectivity index (χ1) is 12.5. The molecule has 2 aromatic carbocycles. The molecular formula is C19H15FN2O3S. The highest BCUT2D eigenvalue weighted by atomic mass is 32.1. The number of carbonyl (C=O) groups is 2. The van der Waals surface area contributed by atoms with Crippen molar-refractivity contribution >= 4 is 28.3 Å². The van der Waals surface area contributed by atoms with Gasteiger partial charge in [-0.2, -0.15) is 0 Å². The molecule has 1 heterocycles. The molecule has 26 heavy (non-hydrogen) atoms. The SMILES string of the molecule is C[C@H](OC(=O)c1ccccc1F)C(=O)Nc1nc(-c2ccccc2)cs1. The zero-order chi connectivity index (χ0) is 18.5. The second-order valence-corrected chi connectivity index (χ2v) is 6.28. The molecule has 0 saturated heterocycles. The quantitative estimate of drug-likeness (QED) is 0.686. The van der Waals surface area contributed by atoms with Crippen LogP contribution in [0.4, 0.5) is 9.52 Å². The number of thiazole rings is 1. The molecule has 7 heteroatoms. The third-order valence-electron chi connectivity index (χ3n) is 3.55. The fraction of sp³-hybridized carbons (Fsp3) is 0.105. The maximum absolute atomic E-state index is 13.6. The van der Waals surface area contributed by atoms with Gasteiger partial charge in [0.25, 0.3) is 5.91 Å². The first kappa shape index (κ1) is 17.8. The number of carbonyl (C=O) groups excluding carboxylic acids is 2. The van der Waals surface area contributed by atoms with Gasteiger partial charge in [-0.15, -0.1) is 11.3 Å². The Morgan fingerprint density at radius 2 is 1.81 bits per heavy atom. The van der Waals surface area contributed by atoms with Gasteiger partial charge in [0.05, 0.1) is 11.3 Å². The highest BCUT2D eigenvalue weighted by molar-refractivity contribution is 7.14. The third-order valence-corrected chi connectivity index (χ3v) is 4.31. The van der Waals surface area contributed by atoms with Gasteiger partial charge < -0.3 is 4.74 Å². The maximum atomic E-state index is 13.6. The summed E-state index contributed by atoms with van der Waals surface area (Å²) >= 11 is 1.26. The molecule has 0 aliphatic carbocycles. The third kappa shape index (κ3) is 4.12. The van der Waals surface area contributed by atoms with Gasteiger partial charge >= 0.3 is 5.97 Å². The van der Waals surface area contributed by atoms with Crippen LogP contribution in [-0.2, 0) is 9.53 Å². The van der Waals surface area contributed by atoms with Crippen molar-refractivity contribution in [3.8, 4) is 11.3 Å². The average molecular weight is 370 g/mol. The van der Waals surface area contributed by atoms with Gasteiger partial charge in [0.1, 0.15) is 5.82 Å². The molecule has 1 N–H and O–H groups in total. The standard InChI is InChI=1S/C19H15FN2O3S/c1-12(25-18(24)14-9-5-6-10-15(14)20)17(23)22-19-21-16(11-26-19)13-7-3-2-4-8-13/h2-12H,1H3,(H,21,22,23)/t12-/m0/s1. The van der Waals surface area contributed by atoms with Gasteiger partial charge in [0, 0.05) is 10.9 Å². The summed E-state index contributed by atoms with van der Waals surface area (Å²) in [5.74, 6) is -2.13. The first-order valence-electron chi connectivity index (χ1n) is 7.82. The van der Waals surface area contributed by atoms with Crippen LogP contribution in [0.3, 0.4) is 0 Å². The fourth-order valence-electron chi connectivity index (χ4n) is 2.18. The van der Waals surface area contributed by atoms with Gasteiger partial charge in [-0.3, -0.25) is 10.1 Å². The smallest absolute Gasteiger partial charge is 0.341 e. The summed E-state index contributed by atoms with van der Waals surface area (Å²) in [5.41, 5.74) is 1.46. The Morgan fingerprint density at radius 3 is 2.54 bits per heavy atom. The predicted octanol–water partition coefficient (Wildman–Crippen LogP) is 4.13. The van der Waals surface area contributed by atoms with Gasteiger partial charge in [-0.25, -0.2) is 14.2 Å². The molecule has 1 atom stereocenters. The summed E-state index contributed by atoms with van der Waals surface area (Å²) in [6, 6.07) is 15.0. The Bertz CT molecular complexity index is 927. The van der Waals surface area contributed by atoms with Crippen molar-refractivity contribution in [3.63, 3.8) is 0 Å². The van der Waals surface area contributed by atoms with E-state index in [1.165, 1.54) is 36.5 Å². The van der Waals surface area contributed by atoms with Gasteiger partial charge in [-0.05, 0) is 19.1 Å². The summed E-state index contributed by atoms with van der Waals surface area (Å²) in [5, 5.41) is 4.81. The van der Waals surface area contributed by atoms with E-state index in [0.717, 1.165) is 17.3 Å². The molecule has 0 aliphatic heterocycles. The Balaban J connectivity index is 1.62. The van der Waals surface area contributed by atoms with Crippen LogP contribution in [0.15, 0.2) is 60.0 Å². The molecule has 1 aromatic heterocycles. The zero-order valence-corrected chi connectivity index (χ0v) is 14.6. The molecule has 132 valence electrons. The van der Waals surface area contributed by atoms with Gasteiger partial charge in [-0.1, -0.05) is 42.5 Å². The molecule has 0 spiro atoms. The molecule has 0 fully saturated rings. The van der Waals surface area contributed by atoms with Crippen molar-refractivity contribution in [3.05, 3.63) is 71.4 Å². The van der Waals surface area contributed by atoms with Crippen LogP contribution in [0.25, 0.3) is 11.3 Å². The van der Waals surface area contributed by atoms with E-state index in [0.29, 0.717) is 5.13 Å². The van der Waals surface area contributed by atoms with Crippen LogP contribution in [0.2, 0.25) is 0 Å². The number of aromatic nitrogens is 1. The van der Waals surface area contributed by atoms with E-state index < -0.39 is 23.8 Å². The summed E-state index contributed by atoms with van der Waals surface area (Å²) in [4.78, 5) is 28.5. The molecule has 0 bridgehead atoms. The number of rotatable bonds is 5. The fourth-order valence-corrected chi connectivity index (χ4v) is 2.91. The Hall–Kier alpha value is -3.06. The molecule has 1 amide bonds. The van der Waals surface area contributed by atoms with Crippen molar-refractivity contribution in [2.24, 2.45) is 0 Å². The number of hydrogen-bond acceptors (Lipinski definition) is 5. The average Bonchev–Trinajstić information content (AvgIpc) is 3.11. The Labute approximate surface area is 153 Å². The van der Waals surface area contributed by atoms with Crippen LogP contribution < -0.4 is 5.32 Å². The maximum Gasteiger partial charge on any atom is 0.341 e. The lowest BCUT2D eigenvalue weighted by molar-refractivity contribution is -0.123. The minimum atomic E-state index is -1.09. The van der Waals surface area contributed by atoms with E-state index in [4.69, 9.17) is 4.74 Å². The van der Waals surface area contributed by atoms with Crippen molar-refractivity contribution in [2.75, 3.05) is 5.32 Å². The van der Waals surface area contributed by atoms with Crippen LogP contribution >= 0.6 is 11.3 Å². The van der Waals surface area contributed by atoms with Crippen LogP contribution in [0.1, 0.15) is 17.3 Å². The summed E-state index contributed by atoms with van der Waals surface area (Å²) in [6.07, 6.45) is -1.09. The zero-order valence-electron chi connectivity index (χ0n) is 13.8. The number of halogens is 1. The number of anilines is 1. The lowest BCUT2D eigenvalue weighted by Crippen LogP contribution is -2.30. The van der Waals surface area contributed by atoms with Crippen molar-refractivity contribution in [1.82, 2.24) is 4.98 Å². The summed E-state index contributed by atoms with van der Waals surface area (Å²) in [7, 11) is 0. The number of amides is 1. The van der Waals surface area contributed by atoms with E-state index in [-0.39, 0.29) is 5.56 Å². The number of nitrogens with zero attached hydrogens (tertiary/aromatic N) is 1. The largest absolute Gasteiger partial charge is 0.449 e. The first-order valence-corrected chi connectivity index (χ1v) is 8.70. The van der Waals surface area contributed by atoms with Crippen LogP contribution in [-0.4, -0.2) is 23.0 Å². The number of hydrogen-bond donors (Lipinski definition) is 1. The van der Waals surface area contributed by atoms with E-state index >= 15 is 0 Å². The van der Waals surface area contributed by atoms with E-state index in [1.54, 1.807) is 0 Å². The van der Waals surface area contributed by atoms with Gasteiger partial charge in [0.15, 0.2) is 11.2 Å². The lowest BCUT2D eigenvalue weighted by atomic mass is 10.2. The molecule has 0 saturated carbocycles. The lowest BCUT2D eigenvalue weighted by Gasteiger charge is -2.12.